The fourth-order valence-corrected chi connectivity index (χ4v) is 2.70. The molecule has 1 aliphatic rings. The minimum Gasteiger partial charge on any atom is -0.493 e. The van der Waals surface area contributed by atoms with Gasteiger partial charge < -0.3 is 10.5 Å². The summed E-state index contributed by atoms with van der Waals surface area (Å²) < 4.78 is 8.54. The number of fused-ring (bicyclic) bond motifs is 1. The van der Waals surface area contributed by atoms with Gasteiger partial charge >= 0.3 is 0 Å². The third-order valence-corrected chi connectivity index (χ3v) is 3.62. The van der Waals surface area contributed by atoms with Crippen molar-refractivity contribution in [3.8, 4) is 5.75 Å². The molecule has 0 atom stereocenters. The summed E-state index contributed by atoms with van der Waals surface area (Å²) in [7, 11) is 0. The first-order chi connectivity index (χ1) is 8.65. The molecule has 18 heavy (non-hydrogen) atoms. The molecule has 0 radical (unpaired) electrons. The lowest BCUT2D eigenvalue weighted by Crippen LogP contribution is -2.06. The molecule has 2 heterocycles. The molecule has 0 aliphatic carbocycles. The van der Waals surface area contributed by atoms with Gasteiger partial charge in [-0.2, -0.15) is 0 Å². The summed E-state index contributed by atoms with van der Waals surface area (Å²) in [4.78, 5) is 0. The minimum absolute atomic E-state index is 0.475. The van der Waals surface area contributed by atoms with E-state index in [4.69, 9.17) is 10.5 Å². The van der Waals surface area contributed by atoms with Crippen molar-refractivity contribution in [3.63, 3.8) is 0 Å². The standard InChI is InChI=1S/C12H13BrN4O/c1-7-12(14)15-16-17(7)6-9-5-10(13)4-8-2-3-18-11(8)9/h4-5H,2-3,6,14H2,1H3. The van der Waals surface area contributed by atoms with Crippen molar-refractivity contribution >= 4 is 21.7 Å². The van der Waals surface area contributed by atoms with Crippen LogP contribution in [-0.2, 0) is 13.0 Å². The zero-order valence-electron chi connectivity index (χ0n) is 9.98. The number of nitrogens with two attached hydrogens (primary N) is 1. The Morgan fingerprint density at radius 2 is 2.33 bits per heavy atom. The highest BCUT2D eigenvalue weighted by atomic mass is 79.9. The molecule has 0 saturated heterocycles. The Labute approximate surface area is 113 Å². The van der Waals surface area contributed by atoms with Gasteiger partial charge in [-0.15, -0.1) is 5.10 Å². The molecule has 6 heteroatoms. The Bertz CT molecular complexity index is 608. The predicted molar refractivity (Wildman–Crippen MR) is 71.6 cm³/mol. The normalized spacial score (nSPS) is 13.4. The molecule has 2 aromatic rings. The van der Waals surface area contributed by atoms with E-state index < -0.39 is 0 Å². The largest absolute Gasteiger partial charge is 0.493 e. The van der Waals surface area contributed by atoms with Crippen LogP contribution in [0.3, 0.4) is 0 Å². The summed E-state index contributed by atoms with van der Waals surface area (Å²) in [5, 5.41) is 7.90. The fourth-order valence-electron chi connectivity index (χ4n) is 2.15. The summed E-state index contributed by atoms with van der Waals surface area (Å²) in [6.07, 6.45) is 0.959. The Morgan fingerprint density at radius 3 is 3.06 bits per heavy atom. The van der Waals surface area contributed by atoms with Crippen LogP contribution in [-0.4, -0.2) is 21.6 Å². The average molecular weight is 309 g/mol. The van der Waals surface area contributed by atoms with Crippen LogP contribution in [0.15, 0.2) is 16.6 Å². The molecular formula is C12H13BrN4O. The first-order valence-electron chi connectivity index (χ1n) is 5.75. The van der Waals surface area contributed by atoms with Gasteiger partial charge in [-0.05, 0) is 24.6 Å². The van der Waals surface area contributed by atoms with E-state index in [1.165, 1.54) is 5.56 Å². The summed E-state index contributed by atoms with van der Waals surface area (Å²) in [5.74, 6) is 1.45. The molecule has 0 fully saturated rings. The number of halogens is 1. The van der Waals surface area contributed by atoms with E-state index in [-0.39, 0.29) is 0 Å². The predicted octanol–water partition coefficient (Wildman–Crippen LogP) is 1.91. The molecule has 3 rings (SSSR count). The highest BCUT2D eigenvalue weighted by Crippen LogP contribution is 2.33. The quantitative estimate of drug-likeness (QED) is 0.920. The summed E-state index contributed by atoms with van der Waals surface area (Å²) in [5.41, 5.74) is 8.92. The molecule has 0 amide bonds. The highest BCUT2D eigenvalue weighted by Gasteiger charge is 2.18. The maximum atomic E-state index is 5.70. The molecule has 5 nitrogen and oxygen atoms in total. The summed E-state index contributed by atoms with van der Waals surface area (Å²) in [6.45, 7) is 3.28. The van der Waals surface area contributed by atoms with Gasteiger partial charge in [0.25, 0.3) is 0 Å². The van der Waals surface area contributed by atoms with E-state index in [0.29, 0.717) is 12.4 Å². The SMILES string of the molecule is Cc1c(N)nnn1Cc1cc(Br)cc2c1OCC2. The lowest BCUT2D eigenvalue weighted by Gasteiger charge is -2.09. The Kier molecular flexibility index (Phi) is 2.74. The van der Waals surface area contributed by atoms with Crippen LogP contribution in [0.25, 0.3) is 0 Å². The van der Waals surface area contributed by atoms with Gasteiger partial charge in [0.05, 0.1) is 18.8 Å². The van der Waals surface area contributed by atoms with Crippen molar-refractivity contribution in [2.75, 3.05) is 12.3 Å². The monoisotopic (exact) mass is 308 g/mol. The number of ether oxygens (including phenoxy) is 1. The van der Waals surface area contributed by atoms with E-state index in [1.807, 2.05) is 6.92 Å². The number of hydrogen-bond donors (Lipinski definition) is 1. The van der Waals surface area contributed by atoms with Crippen molar-refractivity contribution in [1.29, 1.82) is 0 Å². The topological polar surface area (TPSA) is 66.0 Å². The molecule has 94 valence electrons. The van der Waals surface area contributed by atoms with E-state index in [2.05, 4.69) is 38.4 Å². The van der Waals surface area contributed by atoms with Gasteiger partial charge in [-0.3, -0.25) is 0 Å². The van der Waals surface area contributed by atoms with Crippen molar-refractivity contribution in [2.24, 2.45) is 0 Å². The van der Waals surface area contributed by atoms with Crippen molar-refractivity contribution in [1.82, 2.24) is 15.0 Å². The van der Waals surface area contributed by atoms with Crippen LogP contribution < -0.4 is 10.5 Å². The lowest BCUT2D eigenvalue weighted by atomic mass is 10.1. The van der Waals surface area contributed by atoms with Crippen LogP contribution in [0, 0.1) is 6.92 Å². The minimum atomic E-state index is 0.475. The number of hydrogen-bond acceptors (Lipinski definition) is 4. The Balaban J connectivity index is 2.00. The number of aromatic nitrogens is 3. The fraction of sp³-hybridized carbons (Fsp3) is 0.333. The zero-order chi connectivity index (χ0) is 12.7. The third kappa shape index (κ3) is 1.86. The summed E-state index contributed by atoms with van der Waals surface area (Å²) >= 11 is 3.53. The number of anilines is 1. The lowest BCUT2D eigenvalue weighted by molar-refractivity contribution is 0.352. The van der Waals surface area contributed by atoms with Gasteiger partial charge in [0.1, 0.15) is 5.75 Å². The molecule has 0 bridgehead atoms. The first-order valence-corrected chi connectivity index (χ1v) is 6.54. The van der Waals surface area contributed by atoms with E-state index in [9.17, 15) is 0 Å². The van der Waals surface area contributed by atoms with Crippen molar-refractivity contribution < 1.29 is 4.74 Å². The van der Waals surface area contributed by atoms with Crippen LogP contribution in [0.5, 0.6) is 5.75 Å². The molecule has 1 aromatic heterocycles. The molecule has 0 unspecified atom stereocenters. The molecule has 2 N–H and O–H groups in total. The third-order valence-electron chi connectivity index (χ3n) is 3.16. The van der Waals surface area contributed by atoms with Gasteiger partial charge in [0.15, 0.2) is 5.82 Å². The number of benzene rings is 1. The number of nitrogens with zero attached hydrogens (tertiary/aromatic N) is 3. The average Bonchev–Trinajstić information content (AvgIpc) is 2.90. The van der Waals surface area contributed by atoms with Gasteiger partial charge in [0, 0.05) is 16.5 Å². The van der Waals surface area contributed by atoms with E-state index in [0.717, 1.165) is 34.5 Å². The molecular weight excluding hydrogens is 296 g/mol. The number of nitrogen functional groups attached to an aromatic ring is 1. The van der Waals surface area contributed by atoms with Crippen LogP contribution >= 0.6 is 15.9 Å². The van der Waals surface area contributed by atoms with Crippen molar-refractivity contribution in [2.45, 2.75) is 19.9 Å². The van der Waals surface area contributed by atoms with E-state index >= 15 is 0 Å². The van der Waals surface area contributed by atoms with Crippen LogP contribution in [0.1, 0.15) is 16.8 Å². The maximum absolute atomic E-state index is 5.70. The highest BCUT2D eigenvalue weighted by molar-refractivity contribution is 9.10. The Morgan fingerprint density at radius 1 is 1.50 bits per heavy atom. The first kappa shape index (κ1) is 11.5. The van der Waals surface area contributed by atoms with E-state index in [1.54, 1.807) is 4.68 Å². The molecule has 1 aliphatic heterocycles. The molecule has 0 spiro atoms. The molecule has 0 saturated carbocycles. The van der Waals surface area contributed by atoms with Crippen molar-refractivity contribution in [3.05, 3.63) is 33.4 Å². The van der Waals surface area contributed by atoms with Gasteiger partial charge in [-0.1, -0.05) is 21.1 Å². The Hall–Kier alpha value is -1.56. The van der Waals surface area contributed by atoms with Crippen LogP contribution in [0.2, 0.25) is 0 Å². The second-order valence-electron chi connectivity index (χ2n) is 4.37. The van der Waals surface area contributed by atoms with Gasteiger partial charge in [-0.25, -0.2) is 4.68 Å². The maximum Gasteiger partial charge on any atom is 0.168 e. The summed E-state index contributed by atoms with van der Waals surface area (Å²) in [6, 6.07) is 4.16. The zero-order valence-corrected chi connectivity index (χ0v) is 11.6. The van der Waals surface area contributed by atoms with Gasteiger partial charge in [0.2, 0.25) is 0 Å². The number of rotatable bonds is 2. The molecule has 1 aromatic carbocycles. The second-order valence-corrected chi connectivity index (χ2v) is 5.29. The second kappa shape index (κ2) is 4.28. The smallest absolute Gasteiger partial charge is 0.168 e. The van der Waals surface area contributed by atoms with Crippen LogP contribution in [0.4, 0.5) is 5.82 Å².